The van der Waals surface area contributed by atoms with Crippen LogP contribution in [-0.2, 0) is 11.0 Å². The average molecular weight is 284 g/mol. The van der Waals surface area contributed by atoms with Crippen molar-refractivity contribution in [2.75, 3.05) is 11.9 Å². The lowest BCUT2D eigenvalue weighted by molar-refractivity contribution is -0.142. The molecule has 1 aliphatic carbocycles. The Bertz CT molecular complexity index is 586. The number of anilines is 1. The molecule has 4 nitrogen and oxygen atoms in total. The van der Waals surface area contributed by atoms with Crippen molar-refractivity contribution >= 4 is 11.7 Å². The van der Waals surface area contributed by atoms with Gasteiger partial charge in [-0.15, -0.1) is 0 Å². The molecule has 1 aromatic carbocycles. The highest BCUT2D eigenvalue weighted by Gasteiger charge is 2.50. The predicted octanol–water partition coefficient (Wildman–Crippen LogP) is 2.85. The molecule has 1 fully saturated rings. The van der Waals surface area contributed by atoms with Gasteiger partial charge in [-0.25, -0.2) is 0 Å². The largest absolute Gasteiger partial charge is 0.481 e. The average Bonchev–Trinajstić information content (AvgIpc) is 3.16. The van der Waals surface area contributed by atoms with Crippen molar-refractivity contribution in [1.29, 1.82) is 5.26 Å². The number of benzene rings is 1. The normalized spacial score (nSPS) is 16.3. The van der Waals surface area contributed by atoms with Gasteiger partial charge in [0.1, 0.15) is 6.07 Å². The highest BCUT2D eigenvalue weighted by atomic mass is 19.4. The first-order chi connectivity index (χ1) is 9.28. The van der Waals surface area contributed by atoms with E-state index in [4.69, 9.17) is 10.4 Å². The van der Waals surface area contributed by atoms with Crippen LogP contribution in [0.25, 0.3) is 0 Å². The highest BCUT2D eigenvalue weighted by Crippen LogP contribution is 2.46. The lowest BCUT2D eigenvalue weighted by atomic mass is 10.1. The number of carboxylic acid groups (broad SMARTS) is 1. The Morgan fingerprint density at radius 1 is 1.45 bits per heavy atom. The fraction of sp³-hybridized carbons (Fsp3) is 0.385. The third-order valence-electron chi connectivity index (χ3n) is 3.39. The second kappa shape index (κ2) is 4.71. The summed E-state index contributed by atoms with van der Waals surface area (Å²) < 4.78 is 37.6. The summed E-state index contributed by atoms with van der Waals surface area (Å²) >= 11 is 0. The molecular weight excluding hydrogens is 273 g/mol. The lowest BCUT2D eigenvalue weighted by Crippen LogP contribution is -2.24. The molecule has 0 aromatic heterocycles. The highest BCUT2D eigenvalue weighted by molar-refractivity contribution is 5.78. The van der Waals surface area contributed by atoms with E-state index in [1.165, 1.54) is 0 Å². The van der Waals surface area contributed by atoms with Crippen molar-refractivity contribution in [3.8, 4) is 6.07 Å². The van der Waals surface area contributed by atoms with Gasteiger partial charge in [-0.1, -0.05) is 0 Å². The van der Waals surface area contributed by atoms with Crippen LogP contribution in [0.1, 0.15) is 24.0 Å². The molecule has 0 bridgehead atoms. The first-order valence-corrected chi connectivity index (χ1v) is 5.87. The summed E-state index contributed by atoms with van der Waals surface area (Å²) in [6.45, 7) is 0.0996. The Balaban J connectivity index is 2.17. The Hall–Kier alpha value is -2.23. The topological polar surface area (TPSA) is 73.1 Å². The summed E-state index contributed by atoms with van der Waals surface area (Å²) in [4.78, 5) is 11.0. The minimum atomic E-state index is -4.51. The fourth-order valence-corrected chi connectivity index (χ4v) is 1.85. The SMILES string of the molecule is N#Cc1cc(C(F)(F)F)ccc1NCC1(C(=O)O)CC1. The standard InChI is InChI=1S/C13H11F3N2O2/c14-13(15,16)9-1-2-10(8(5-9)6-17)18-7-12(3-4-12)11(19)20/h1-2,5,18H,3-4,7H2,(H,19,20). The number of nitriles is 1. The second-order valence-electron chi connectivity index (χ2n) is 4.81. The van der Waals surface area contributed by atoms with Crippen LogP contribution in [0.3, 0.4) is 0 Å². The van der Waals surface area contributed by atoms with Crippen LogP contribution >= 0.6 is 0 Å². The van der Waals surface area contributed by atoms with Crippen LogP contribution in [-0.4, -0.2) is 17.6 Å². The molecular formula is C13H11F3N2O2. The van der Waals surface area contributed by atoms with Crippen molar-refractivity contribution in [2.45, 2.75) is 19.0 Å². The molecule has 1 aromatic rings. The molecule has 0 spiro atoms. The van der Waals surface area contributed by atoms with E-state index in [9.17, 15) is 18.0 Å². The summed E-state index contributed by atoms with van der Waals surface area (Å²) in [5, 5.41) is 20.7. The molecule has 0 unspecified atom stereocenters. The minimum absolute atomic E-state index is 0.0996. The van der Waals surface area contributed by atoms with Gasteiger partial charge in [0.05, 0.1) is 22.2 Å². The monoisotopic (exact) mass is 284 g/mol. The van der Waals surface area contributed by atoms with E-state index < -0.39 is 23.1 Å². The molecule has 106 valence electrons. The van der Waals surface area contributed by atoms with Gasteiger partial charge in [0.25, 0.3) is 0 Å². The van der Waals surface area contributed by atoms with Crippen LogP contribution in [0, 0.1) is 16.7 Å². The molecule has 0 saturated heterocycles. The Morgan fingerprint density at radius 2 is 2.10 bits per heavy atom. The molecule has 0 radical (unpaired) electrons. The molecule has 0 aliphatic heterocycles. The smallest absolute Gasteiger partial charge is 0.416 e. The molecule has 0 amide bonds. The van der Waals surface area contributed by atoms with Crippen molar-refractivity contribution in [3.63, 3.8) is 0 Å². The van der Waals surface area contributed by atoms with E-state index >= 15 is 0 Å². The third-order valence-corrected chi connectivity index (χ3v) is 3.39. The number of hydrogen-bond donors (Lipinski definition) is 2. The molecule has 0 heterocycles. The number of hydrogen-bond acceptors (Lipinski definition) is 3. The quantitative estimate of drug-likeness (QED) is 0.891. The first kappa shape index (κ1) is 14.2. The molecule has 7 heteroatoms. The van der Waals surface area contributed by atoms with Gasteiger partial charge >= 0.3 is 12.1 Å². The summed E-state index contributed by atoms with van der Waals surface area (Å²) in [5.74, 6) is -0.935. The van der Waals surface area contributed by atoms with Crippen molar-refractivity contribution in [1.82, 2.24) is 0 Å². The fourth-order valence-electron chi connectivity index (χ4n) is 1.85. The minimum Gasteiger partial charge on any atom is -0.481 e. The van der Waals surface area contributed by atoms with Crippen LogP contribution < -0.4 is 5.32 Å². The summed E-state index contributed by atoms with van der Waals surface area (Å²) in [6, 6.07) is 4.45. The maximum absolute atomic E-state index is 12.5. The van der Waals surface area contributed by atoms with Gasteiger partial charge in [-0.2, -0.15) is 18.4 Å². The van der Waals surface area contributed by atoms with Gasteiger partial charge in [0.2, 0.25) is 0 Å². The van der Waals surface area contributed by atoms with Crippen molar-refractivity contribution in [2.24, 2.45) is 5.41 Å². The Labute approximate surface area is 112 Å². The molecule has 1 aliphatic rings. The number of nitrogens with one attached hydrogen (secondary N) is 1. The summed E-state index contributed by atoms with van der Waals surface area (Å²) in [5.41, 5.74) is -1.69. The van der Waals surface area contributed by atoms with E-state index in [0.29, 0.717) is 12.8 Å². The zero-order chi connectivity index (χ0) is 15.0. The van der Waals surface area contributed by atoms with Gasteiger partial charge in [-0.3, -0.25) is 4.79 Å². The van der Waals surface area contributed by atoms with Crippen LogP contribution in [0.4, 0.5) is 18.9 Å². The van der Waals surface area contributed by atoms with Crippen LogP contribution in [0.2, 0.25) is 0 Å². The number of rotatable bonds is 4. The third kappa shape index (κ3) is 2.69. The van der Waals surface area contributed by atoms with Gasteiger partial charge < -0.3 is 10.4 Å². The van der Waals surface area contributed by atoms with E-state index in [-0.39, 0.29) is 17.8 Å². The maximum atomic E-state index is 12.5. The zero-order valence-electron chi connectivity index (χ0n) is 10.3. The Kier molecular flexibility index (Phi) is 3.34. The van der Waals surface area contributed by atoms with Crippen LogP contribution in [0.5, 0.6) is 0 Å². The first-order valence-electron chi connectivity index (χ1n) is 5.87. The van der Waals surface area contributed by atoms with E-state index in [1.807, 2.05) is 0 Å². The molecule has 2 rings (SSSR count). The maximum Gasteiger partial charge on any atom is 0.416 e. The van der Waals surface area contributed by atoms with Gasteiger partial charge in [0, 0.05) is 6.54 Å². The number of halogens is 3. The van der Waals surface area contributed by atoms with Crippen molar-refractivity contribution in [3.05, 3.63) is 29.3 Å². The predicted molar refractivity (Wildman–Crippen MR) is 64.0 cm³/mol. The number of alkyl halides is 3. The number of carbonyl (C=O) groups is 1. The number of carboxylic acids is 1. The molecule has 2 N–H and O–H groups in total. The molecule has 1 saturated carbocycles. The number of nitrogens with zero attached hydrogens (tertiary/aromatic N) is 1. The second-order valence-corrected chi connectivity index (χ2v) is 4.81. The lowest BCUT2D eigenvalue weighted by Gasteiger charge is -2.14. The van der Waals surface area contributed by atoms with E-state index in [1.54, 1.807) is 6.07 Å². The Morgan fingerprint density at radius 3 is 2.55 bits per heavy atom. The molecule has 0 atom stereocenters. The zero-order valence-corrected chi connectivity index (χ0v) is 10.3. The van der Waals surface area contributed by atoms with Gasteiger partial charge in [0.15, 0.2) is 0 Å². The summed E-state index contributed by atoms with van der Waals surface area (Å²) in [7, 11) is 0. The van der Waals surface area contributed by atoms with E-state index in [2.05, 4.69) is 5.32 Å². The summed E-state index contributed by atoms with van der Waals surface area (Å²) in [6.07, 6.45) is -3.46. The van der Waals surface area contributed by atoms with Crippen LogP contribution in [0.15, 0.2) is 18.2 Å². The van der Waals surface area contributed by atoms with Crippen molar-refractivity contribution < 1.29 is 23.1 Å². The number of aliphatic carboxylic acids is 1. The van der Waals surface area contributed by atoms with Gasteiger partial charge in [-0.05, 0) is 31.0 Å². The molecule has 20 heavy (non-hydrogen) atoms. The van der Waals surface area contributed by atoms with E-state index in [0.717, 1.165) is 18.2 Å².